The minimum Gasteiger partial charge on any atom is -0.508 e. The number of halogens is 1. The molecular weight excluding hydrogens is 509 g/mol. The van der Waals surface area contributed by atoms with Gasteiger partial charge in [0, 0.05) is 56.1 Å². The fourth-order valence-corrected chi connectivity index (χ4v) is 5.52. The molecule has 2 heterocycles. The second-order valence-corrected chi connectivity index (χ2v) is 10.7. The van der Waals surface area contributed by atoms with Crippen LogP contribution in [-0.2, 0) is 11.2 Å². The summed E-state index contributed by atoms with van der Waals surface area (Å²) in [6.45, 7) is 7.18. The number of phenols is 1. The van der Waals surface area contributed by atoms with Crippen molar-refractivity contribution in [3.8, 4) is 5.75 Å². The minimum atomic E-state index is -0.366. The van der Waals surface area contributed by atoms with E-state index in [2.05, 4.69) is 20.9 Å². The van der Waals surface area contributed by atoms with Crippen molar-refractivity contribution >= 4 is 18.1 Å². The molecule has 8 nitrogen and oxygen atoms in total. The summed E-state index contributed by atoms with van der Waals surface area (Å²) in [6, 6.07) is 12.5. The Hall–Kier alpha value is -4.01. The number of aryl methyl sites for hydroxylation is 3. The standard InChI is InChI=1S/C24H31N5O2.C7H7FO/c1-16-13-23(26-17(2)25-16)29-11-9-20(10-12-29)28(4)24(31)19-6-5-18-7-8-22(21(18)14-19)27(3)15-30;1-5-6(8)3-2-4-7(5)9/h5-6,13-15,20,22H,7-12H2,1-4H3;2-4,9H,1H3. The van der Waals surface area contributed by atoms with Crippen molar-refractivity contribution in [3.05, 3.63) is 82.1 Å². The molecule has 0 saturated carbocycles. The van der Waals surface area contributed by atoms with Crippen LogP contribution < -0.4 is 4.90 Å². The Kier molecular flexibility index (Phi) is 9.02. The van der Waals surface area contributed by atoms with E-state index in [1.807, 2.05) is 51.0 Å². The molecule has 0 spiro atoms. The average Bonchev–Trinajstić information content (AvgIpc) is 3.38. The molecule has 212 valence electrons. The van der Waals surface area contributed by atoms with Crippen LogP contribution in [0.3, 0.4) is 0 Å². The van der Waals surface area contributed by atoms with Crippen molar-refractivity contribution in [2.24, 2.45) is 0 Å². The summed E-state index contributed by atoms with van der Waals surface area (Å²) in [5.74, 6) is 1.46. The molecule has 9 heteroatoms. The van der Waals surface area contributed by atoms with Gasteiger partial charge in [0.15, 0.2) is 0 Å². The van der Waals surface area contributed by atoms with Gasteiger partial charge in [-0.1, -0.05) is 12.1 Å². The minimum absolute atomic E-state index is 0.00926. The molecule has 1 N–H and O–H groups in total. The first-order valence-electron chi connectivity index (χ1n) is 13.7. The van der Waals surface area contributed by atoms with Crippen LogP contribution in [0.1, 0.15) is 63.9 Å². The van der Waals surface area contributed by atoms with E-state index in [0.717, 1.165) is 68.1 Å². The number of rotatable bonds is 5. The maximum absolute atomic E-state index is 13.2. The van der Waals surface area contributed by atoms with Gasteiger partial charge in [0.25, 0.3) is 5.91 Å². The van der Waals surface area contributed by atoms with Gasteiger partial charge in [0.2, 0.25) is 6.41 Å². The summed E-state index contributed by atoms with van der Waals surface area (Å²) in [5, 5.41) is 8.86. The fraction of sp³-hybridized carbons (Fsp3) is 0.419. The number of aromatic nitrogens is 2. The lowest BCUT2D eigenvalue weighted by Gasteiger charge is -2.37. The van der Waals surface area contributed by atoms with Gasteiger partial charge in [-0.25, -0.2) is 14.4 Å². The van der Waals surface area contributed by atoms with Crippen LogP contribution in [0.4, 0.5) is 10.2 Å². The second-order valence-electron chi connectivity index (χ2n) is 10.7. The summed E-state index contributed by atoms with van der Waals surface area (Å²) in [6.07, 6.45) is 4.55. The number of benzene rings is 2. The number of carbonyl (C=O) groups excluding carboxylic acids is 2. The van der Waals surface area contributed by atoms with E-state index in [-0.39, 0.29) is 29.6 Å². The van der Waals surface area contributed by atoms with Crippen LogP contribution in [0.2, 0.25) is 0 Å². The zero-order chi connectivity index (χ0) is 29.0. The van der Waals surface area contributed by atoms with E-state index < -0.39 is 0 Å². The second kappa shape index (κ2) is 12.4. The number of piperidine rings is 1. The van der Waals surface area contributed by atoms with Crippen molar-refractivity contribution in [1.82, 2.24) is 19.8 Å². The summed E-state index contributed by atoms with van der Waals surface area (Å²) < 4.78 is 12.4. The molecule has 2 amide bonds. The maximum atomic E-state index is 13.2. The first kappa shape index (κ1) is 29.0. The number of amides is 2. The molecule has 5 rings (SSSR count). The molecule has 0 bridgehead atoms. The number of phenolic OH excluding ortho intramolecular Hbond substituents is 1. The highest BCUT2D eigenvalue weighted by Crippen LogP contribution is 2.35. The highest BCUT2D eigenvalue weighted by molar-refractivity contribution is 5.94. The van der Waals surface area contributed by atoms with E-state index in [9.17, 15) is 14.0 Å². The highest BCUT2D eigenvalue weighted by atomic mass is 19.1. The third kappa shape index (κ3) is 6.41. The largest absolute Gasteiger partial charge is 0.508 e. The highest BCUT2D eigenvalue weighted by Gasteiger charge is 2.30. The number of carbonyl (C=O) groups is 2. The number of hydrogen-bond acceptors (Lipinski definition) is 6. The summed E-state index contributed by atoms with van der Waals surface area (Å²) in [7, 11) is 3.71. The maximum Gasteiger partial charge on any atom is 0.253 e. The van der Waals surface area contributed by atoms with Crippen LogP contribution in [-0.4, -0.2) is 70.4 Å². The molecule has 1 saturated heterocycles. The predicted molar refractivity (Wildman–Crippen MR) is 153 cm³/mol. The van der Waals surface area contributed by atoms with Gasteiger partial charge in [0.05, 0.1) is 6.04 Å². The number of aromatic hydroxyl groups is 1. The molecule has 1 unspecified atom stereocenters. The van der Waals surface area contributed by atoms with Gasteiger partial charge in [-0.05, 0) is 81.8 Å². The molecule has 1 aliphatic heterocycles. The summed E-state index contributed by atoms with van der Waals surface area (Å²) in [4.78, 5) is 39.3. The monoisotopic (exact) mass is 547 g/mol. The van der Waals surface area contributed by atoms with E-state index in [1.165, 1.54) is 30.7 Å². The molecule has 1 fully saturated rings. The first-order chi connectivity index (χ1) is 19.1. The molecular formula is C31H38FN5O3. The van der Waals surface area contributed by atoms with Gasteiger partial charge >= 0.3 is 0 Å². The van der Waals surface area contributed by atoms with Crippen LogP contribution in [0, 0.1) is 26.6 Å². The Morgan fingerprint density at radius 3 is 2.40 bits per heavy atom. The molecule has 2 aliphatic rings. The quantitative estimate of drug-likeness (QED) is 0.464. The lowest BCUT2D eigenvalue weighted by molar-refractivity contribution is -0.118. The number of nitrogens with zero attached hydrogens (tertiary/aromatic N) is 5. The average molecular weight is 548 g/mol. The van der Waals surface area contributed by atoms with Crippen LogP contribution >= 0.6 is 0 Å². The molecule has 1 atom stereocenters. The Morgan fingerprint density at radius 1 is 1.05 bits per heavy atom. The van der Waals surface area contributed by atoms with Gasteiger partial charge in [-0.15, -0.1) is 0 Å². The van der Waals surface area contributed by atoms with E-state index in [0.29, 0.717) is 11.1 Å². The van der Waals surface area contributed by atoms with Crippen molar-refractivity contribution in [3.63, 3.8) is 0 Å². The number of fused-ring (bicyclic) bond motifs is 1. The van der Waals surface area contributed by atoms with E-state index in [1.54, 1.807) is 4.90 Å². The van der Waals surface area contributed by atoms with Gasteiger partial charge in [-0.2, -0.15) is 0 Å². The fourth-order valence-electron chi connectivity index (χ4n) is 5.52. The smallest absolute Gasteiger partial charge is 0.253 e. The van der Waals surface area contributed by atoms with Crippen molar-refractivity contribution in [1.29, 1.82) is 0 Å². The Balaban J connectivity index is 0.000000350. The van der Waals surface area contributed by atoms with Gasteiger partial charge in [-0.3, -0.25) is 9.59 Å². The Labute approximate surface area is 235 Å². The van der Waals surface area contributed by atoms with Crippen LogP contribution in [0.5, 0.6) is 5.75 Å². The third-order valence-corrected chi connectivity index (χ3v) is 7.94. The lowest BCUT2D eigenvalue weighted by Crippen LogP contribution is -2.46. The van der Waals surface area contributed by atoms with Crippen molar-refractivity contribution < 1.29 is 19.1 Å². The molecule has 2 aromatic carbocycles. The molecule has 0 radical (unpaired) electrons. The van der Waals surface area contributed by atoms with E-state index >= 15 is 0 Å². The molecule has 3 aromatic rings. The molecule has 1 aromatic heterocycles. The normalized spacial score (nSPS) is 16.6. The topological polar surface area (TPSA) is 89.9 Å². The molecule has 1 aliphatic carbocycles. The summed E-state index contributed by atoms with van der Waals surface area (Å²) in [5.41, 5.74) is 4.33. The van der Waals surface area contributed by atoms with Crippen molar-refractivity contribution in [2.75, 3.05) is 32.1 Å². The molecule has 40 heavy (non-hydrogen) atoms. The van der Waals surface area contributed by atoms with Crippen molar-refractivity contribution in [2.45, 2.75) is 58.5 Å². The Morgan fingerprint density at radius 2 is 1.77 bits per heavy atom. The van der Waals surface area contributed by atoms with E-state index in [4.69, 9.17) is 5.11 Å². The summed E-state index contributed by atoms with van der Waals surface area (Å²) >= 11 is 0. The number of hydrogen-bond donors (Lipinski definition) is 1. The number of anilines is 1. The lowest BCUT2D eigenvalue weighted by atomic mass is 10.00. The van der Waals surface area contributed by atoms with Gasteiger partial charge < -0.3 is 19.8 Å². The zero-order valence-electron chi connectivity index (χ0n) is 23.9. The van der Waals surface area contributed by atoms with Gasteiger partial charge in [0.1, 0.15) is 23.2 Å². The SMILES string of the molecule is Cc1c(O)cccc1F.Cc1cc(N2CCC(N(C)C(=O)c3ccc4c(c3)C(N(C)C=O)CC4)CC2)nc(C)n1. The first-order valence-corrected chi connectivity index (χ1v) is 13.7. The third-order valence-electron chi connectivity index (χ3n) is 7.94. The van der Waals surface area contributed by atoms with Crippen LogP contribution in [0.25, 0.3) is 0 Å². The van der Waals surface area contributed by atoms with Crippen LogP contribution in [0.15, 0.2) is 42.5 Å². The predicted octanol–water partition coefficient (Wildman–Crippen LogP) is 4.75. The Bertz CT molecular complexity index is 1330. The zero-order valence-corrected chi connectivity index (χ0v) is 23.9.